The average molecular weight is 280 g/mol. The standard InChI is InChI=1S/C15H12N4O2/c1-21-8-9-2-4-10(5-3-9)13-11(6-16)14(18)19-15(20)12(13)7-17/h2-5H,8H2,1H3,(H3,18,19,20). The third kappa shape index (κ3) is 2.62. The molecule has 0 radical (unpaired) electrons. The van der Waals surface area contributed by atoms with E-state index in [1.807, 2.05) is 12.1 Å². The number of anilines is 1. The first-order valence-electron chi connectivity index (χ1n) is 6.06. The fraction of sp³-hybridized carbons (Fsp3) is 0.133. The van der Waals surface area contributed by atoms with Gasteiger partial charge in [-0.15, -0.1) is 0 Å². The van der Waals surface area contributed by atoms with Gasteiger partial charge in [-0.1, -0.05) is 24.3 Å². The second-order valence-electron chi connectivity index (χ2n) is 4.35. The van der Waals surface area contributed by atoms with Crippen molar-refractivity contribution in [2.24, 2.45) is 0 Å². The SMILES string of the molecule is COCc1ccc(-c2c(C#N)c(N)[nH]c(=O)c2C#N)cc1. The van der Waals surface area contributed by atoms with Crippen molar-refractivity contribution in [3.05, 3.63) is 51.3 Å². The fourth-order valence-corrected chi connectivity index (χ4v) is 2.07. The first-order chi connectivity index (χ1) is 10.1. The molecule has 1 heterocycles. The number of benzene rings is 1. The van der Waals surface area contributed by atoms with Crippen molar-refractivity contribution in [1.29, 1.82) is 10.5 Å². The molecular formula is C15H12N4O2. The molecule has 6 nitrogen and oxygen atoms in total. The maximum Gasteiger partial charge on any atom is 0.268 e. The molecule has 0 amide bonds. The Kier molecular flexibility index (Phi) is 4.03. The van der Waals surface area contributed by atoms with Crippen LogP contribution in [0.5, 0.6) is 0 Å². The molecule has 0 saturated heterocycles. The molecule has 3 N–H and O–H groups in total. The maximum atomic E-state index is 11.8. The number of nitrogens with zero attached hydrogens (tertiary/aromatic N) is 2. The summed E-state index contributed by atoms with van der Waals surface area (Å²) in [7, 11) is 1.59. The van der Waals surface area contributed by atoms with Gasteiger partial charge in [-0.05, 0) is 11.1 Å². The fourth-order valence-electron chi connectivity index (χ4n) is 2.07. The van der Waals surface area contributed by atoms with Gasteiger partial charge in [-0.2, -0.15) is 10.5 Å². The second-order valence-corrected chi connectivity index (χ2v) is 4.35. The van der Waals surface area contributed by atoms with Crippen molar-refractivity contribution in [2.45, 2.75) is 6.61 Å². The highest BCUT2D eigenvalue weighted by Gasteiger charge is 2.17. The number of nitrogen functional groups attached to an aromatic ring is 1. The van der Waals surface area contributed by atoms with Gasteiger partial charge in [0.1, 0.15) is 29.1 Å². The van der Waals surface area contributed by atoms with E-state index in [4.69, 9.17) is 10.5 Å². The van der Waals surface area contributed by atoms with Crippen LogP contribution in [0.1, 0.15) is 16.7 Å². The molecule has 104 valence electrons. The summed E-state index contributed by atoms with van der Waals surface area (Å²) in [6.07, 6.45) is 0. The van der Waals surface area contributed by atoms with Crippen LogP contribution in [0.2, 0.25) is 0 Å². The van der Waals surface area contributed by atoms with E-state index in [0.717, 1.165) is 5.56 Å². The van der Waals surface area contributed by atoms with E-state index in [1.54, 1.807) is 31.4 Å². The van der Waals surface area contributed by atoms with Crippen LogP contribution in [0.25, 0.3) is 11.1 Å². The summed E-state index contributed by atoms with van der Waals surface area (Å²) in [5.74, 6) is -0.0440. The highest BCUT2D eigenvalue weighted by Crippen LogP contribution is 2.28. The number of nitrogens with one attached hydrogen (secondary N) is 1. The largest absolute Gasteiger partial charge is 0.384 e. The predicted molar refractivity (Wildman–Crippen MR) is 77.1 cm³/mol. The molecule has 0 unspecified atom stereocenters. The molecule has 0 saturated carbocycles. The zero-order chi connectivity index (χ0) is 15.4. The summed E-state index contributed by atoms with van der Waals surface area (Å²) >= 11 is 0. The van der Waals surface area contributed by atoms with Crippen molar-refractivity contribution in [1.82, 2.24) is 4.98 Å². The van der Waals surface area contributed by atoms with Gasteiger partial charge in [0.2, 0.25) is 0 Å². The van der Waals surface area contributed by atoms with Crippen molar-refractivity contribution >= 4 is 5.82 Å². The van der Waals surface area contributed by atoms with Crippen molar-refractivity contribution < 1.29 is 4.74 Å². The van der Waals surface area contributed by atoms with Crippen molar-refractivity contribution in [3.63, 3.8) is 0 Å². The molecule has 0 atom stereocenters. The Balaban J connectivity index is 2.71. The molecule has 1 aromatic heterocycles. The van der Waals surface area contributed by atoms with Gasteiger partial charge in [-0.3, -0.25) is 4.79 Å². The Hall–Kier alpha value is -3.09. The molecule has 0 bridgehead atoms. The number of rotatable bonds is 3. The number of methoxy groups -OCH3 is 1. The molecular weight excluding hydrogens is 268 g/mol. The lowest BCUT2D eigenvalue weighted by Crippen LogP contribution is -2.16. The molecule has 6 heteroatoms. The monoisotopic (exact) mass is 280 g/mol. The summed E-state index contributed by atoms with van der Waals surface area (Å²) < 4.78 is 5.02. The summed E-state index contributed by atoms with van der Waals surface area (Å²) in [5, 5.41) is 18.4. The van der Waals surface area contributed by atoms with Gasteiger partial charge in [0.15, 0.2) is 0 Å². The van der Waals surface area contributed by atoms with Crippen molar-refractivity contribution in [3.8, 4) is 23.3 Å². The van der Waals surface area contributed by atoms with Gasteiger partial charge in [0, 0.05) is 12.7 Å². The lowest BCUT2D eigenvalue weighted by molar-refractivity contribution is 0.185. The predicted octanol–water partition coefficient (Wildman–Crippen LogP) is 1.51. The van der Waals surface area contributed by atoms with E-state index in [2.05, 4.69) is 4.98 Å². The number of hydrogen-bond acceptors (Lipinski definition) is 5. The van der Waals surface area contributed by atoms with E-state index in [0.29, 0.717) is 12.2 Å². The number of nitriles is 2. The van der Waals surface area contributed by atoms with Gasteiger partial charge in [0.05, 0.1) is 6.61 Å². The zero-order valence-electron chi connectivity index (χ0n) is 11.3. The Morgan fingerprint density at radius 2 is 1.81 bits per heavy atom. The number of aromatic nitrogens is 1. The number of hydrogen-bond donors (Lipinski definition) is 2. The minimum absolute atomic E-state index is 0.0440. The second kappa shape index (κ2) is 5.91. The highest BCUT2D eigenvalue weighted by molar-refractivity contribution is 5.80. The quantitative estimate of drug-likeness (QED) is 0.884. The molecule has 2 aromatic rings. The first-order valence-corrected chi connectivity index (χ1v) is 6.06. The Bertz CT molecular complexity index is 808. The number of aromatic amines is 1. The lowest BCUT2D eigenvalue weighted by Gasteiger charge is -2.09. The van der Waals surface area contributed by atoms with E-state index in [-0.39, 0.29) is 22.5 Å². The Morgan fingerprint density at radius 1 is 1.19 bits per heavy atom. The number of pyridine rings is 1. The molecule has 0 aliphatic rings. The molecule has 0 aliphatic heterocycles. The molecule has 0 spiro atoms. The Morgan fingerprint density at radius 3 is 2.33 bits per heavy atom. The van der Waals surface area contributed by atoms with Gasteiger partial charge < -0.3 is 15.5 Å². The molecule has 21 heavy (non-hydrogen) atoms. The topological polar surface area (TPSA) is 116 Å². The van der Waals surface area contributed by atoms with Crippen LogP contribution < -0.4 is 11.3 Å². The van der Waals surface area contributed by atoms with Gasteiger partial charge in [0.25, 0.3) is 5.56 Å². The average Bonchev–Trinajstić information content (AvgIpc) is 2.48. The van der Waals surface area contributed by atoms with Crippen molar-refractivity contribution in [2.75, 3.05) is 12.8 Å². The number of ether oxygens (including phenoxy) is 1. The van der Waals surface area contributed by atoms with Crippen LogP contribution in [0.4, 0.5) is 5.82 Å². The van der Waals surface area contributed by atoms with Crippen LogP contribution in [0.15, 0.2) is 29.1 Å². The smallest absolute Gasteiger partial charge is 0.268 e. The normalized spacial score (nSPS) is 9.86. The summed E-state index contributed by atoms with van der Waals surface area (Å²) in [6, 6.07) is 10.8. The molecule has 2 rings (SSSR count). The zero-order valence-corrected chi connectivity index (χ0v) is 11.3. The minimum Gasteiger partial charge on any atom is -0.384 e. The Labute approximate surface area is 121 Å². The number of nitrogens with two attached hydrogens (primary N) is 1. The molecule has 1 aromatic carbocycles. The summed E-state index contributed by atoms with van der Waals surface area (Å²) in [4.78, 5) is 14.1. The van der Waals surface area contributed by atoms with Crippen LogP contribution in [-0.2, 0) is 11.3 Å². The summed E-state index contributed by atoms with van der Waals surface area (Å²) in [6.45, 7) is 0.452. The van der Waals surface area contributed by atoms with E-state index >= 15 is 0 Å². The van der Waals surface area contributed by atoms with Crippen LogP contribution >= 0.6 is 0 Å². The molecule has 0 fully saturated rings. The lowest BCUT2D eigenvalue weighted by atomic mass is 9.96. The summed E-state index contributed by atoms with van der Waals surface area (Å²) in [5.41, 5.74) is 6.80. The third-order valence-corrected chi connectivity index (χ3v) is 3.02. The van der Waals surface area contributed by atoms with Crippen LogP contribution in [0.3, 0.4) is 0 Å². The van der Waals surface area contributed by atoms with Gasteiger partial charge in [-0.25, -0.2) is 0 Å². The van der Waals surface area contributed by atoms with Crippen LogP contribution in [0, 0.1) is 22.7 Å². The van der Waals surface area contributed by atoms with Crippen LogP contribution in [-0.4, -0.2) is 12.1 Å². The highest BCUT2D eigenvalue weighted by atomic mass is 16.5. The number of H-pyrrole nitrogens is 1. The van der Waals surface area contributed by atoms with E-state index in [9.17, 15) is 15.3 Å². The van der Waals surface area contributed by atoms with Gasteiger partial charge >= 0.3 is 0 Å². The molecule has 0 aliphatic carbocycles. The third-order valence-electron chi connectivity index (χ3n) is 3.02. The first kappa shape index (κ1) is 14.3. The van der Waals surface area contributed by atoms with E-state index in [1.165, 1.54) is 0 Å². The van der Waals surface area contributed by atoms with E-state index < -0.39 is 5.56 Å². The maximum absolute atomic E-state index is 11.8. The minimum atomic E-state index is -0.607.